The molecule has 0 unspecified atom stereocenters. The maximum Gasteiger partial charge on any atom is 0.341 e. The molecule has 2 aromatic carbocycles. The summed E-state index contributed by atoms with van der Waals surface area (Å²) >= 11 is 1.30. The molecule has 0 aliphatic heterocycles. The van der Waals surface area contributed by atoms with E-state index in [9.17, 15) is 9.59 Å². The van der Waals surface area contributed by atoms with Gasteiger partial charge in [0.15, 0.2) is 0 Å². The Morgan fingerprint density at radius 3 is 2.43 bits per heavy atom. The maximum absolute atomic E-state index is 12.7. The van der Waals surface area contributed by atoms with Crippen LogP contribution in [0.25, 0.3) is 11.1 Å². The van der Waals surface area contributed by atoms with Crippen LogP contribution >= 0.6 is 11.3 Å². The third kappa shape index (κ3) is 4.07. The highest BCUT2D eigenvalue weighted by Gasteiger charge is 2.23. The molecule has 0 aliphatic carbocycles. The van der Waals surface area contributed by atoms with Crippen LogP contribution in [0.2, 0.25) is 0 Å². The average molecular weight is 395 g/mol. The molecule has 0 bridgehead atoms. The van der Waals surface area contributed by atoms with Gasteiger partial charge in [-0.25, -0.2) is 4.79 Å². The van der Waals surface area contributed by atoms with Crippen LogP contribution in [0, 0.1) is 6.92 Å². The molecule has 3 rings (SSSR count). The van der Waals surface area contributed by atoms with E-state index >= 15 is 0 Å². The van der Waals surface area contributed by atoms with Gasteiger partial charge in [-0.1, -0.05) is 30.3 Å². The molecule has 1 N–H and O–H groups in total. The van der Waals surface area contributed by atoms with E-state index in [0.29, 0.717) is 21.7 Å². The summed E-state index contributed by atoms with van der Waals surface area (Å²) in [5.74, 6) is 0.00572. The van der Waals surface area contributed by atoms with Gasteiger partial charge in [0.05, 0.1) is 13.7 Å². The molecule has 0 aliphatic rings. The fraction of sp³-hybridized carbons (Fsp3) is 0.182. The number of thiophene rings is 1. The van der Waals surface area contributed by atoms with Gasteiger partial charge in [-0.15, -0.1) is 11.3 Å². The van der Waals surface area contributed by atoms with Gasteiger partial charge in [0.25, 0.3) is 5.91 Å². The van der Waals surface area contributed by atoms with E-state index in [1.807, 2.05) is 54.8 Å². The van der Waals surface area contributed by atoms with E-state index < -0.39 is 5.97 Å². The number of aryl methyl sites for hydroxylation is 1. The number of ether oxygens (including phenoxy) is 2. The molecule has 1 aromatic heterocycles. The van der Waals surface area contributed by atoms with Crippen LogP contribution in [-0.2, 0) is 4.74 Å². The molecule has 3 aromatic rings. The van der Waals surface area contributed by atoms with Crippen molar-refractivity contribution in [3.05, 3.63) is 70.6 Å². The second-order valence-corrected chi connectivity index (χ2v) is 6.95. The van der Waals surface area contributed by atoms with Crippen LogP contribution in [0.5, 0.6) is 5.75 Å². The van der Waals surface area contributed by atoms with E-state index in [1.54, 1.807) is 20.1 Å². The number of nitrogens with one attached hydrogen (secondary N) is 1. The molecule has 28 heavy (non-hydrogen) atoms. The first-order valence-corrected chi connectivity index (χ1v) is 9.73. The van der Waals surface area contributed by atoms with Crippen molar-refractivity contribution in [1.29, 1.82) is 0 Å². The summed E-state index contributed by atoms with van der Waals surface area (Å²) in [6, 6.07) is 14.7. The van der Waals surface area contributed by atoms with E-state index in [2.05, 4.69) is 5.32 Å². The van der Waals surface area contributed by atoms with Gasteiger partial charge < -0.3 is 14.8 Å². The van der Waals surface area contributed by atoms with Crippen molar-refractivity contribution >= 4 is 28.2 Å². The zero-order chi connectivity index (χ0) is 20.1. The number of carbonyl (C=O) groups is 2. The van der Waals surface area contributed by atoms with E-state index in [-0.39, 0.29) is 12.5 Å². The topological polar surface area (TPSA) is 64.6 Å². The Kier molecular flexibility index (Phi) is 6.11. The van der Waals surface area contributed by atoms with Crippen LogP contribution < -0.4 is 10.1 Å². The number of hydrogen-bond donors (Lipinski definition) is 1. The SMILES string of the molecule is CCOC(=O)c1c(-c2ccc(OC)cc2)csc1NC(=O)c1ccccc1C. The minimum atomic E-state index is -0.463. The van der Waals surface area contributed by atoms with Gasteiger partial charge in [0, 0.05) is 16.5 Å². The number of benzene rings is 2. The number of rotatable bonds is 6. The molecule has 5 nitrogen and oxygen atoms in total. The van der Waals surface area contributed by atoms with Crippen LogP contribution in [0.4, 0.5) is 5.00 Å². The molecule has 0 fully saturated rings. The molecule has 0 saturated heterocycles. The second-order valence-electron chi connectivity index (χ2n) is 6.07. The van der Waals surface area contributed by atoms with Crippen LogP contribution in [-0.4, -0.2) is 25.6 Å². The predicted octanol–water partition coefficient (Wildman–Crippen LogP) is 5.16. The molecule has 1 heterocycles. The minimum absolute atomic E-state index is 0.252. The largest absolute Gasteiger partial charge is 0.497 e. The first-order chi connectivity index (χ1) is 13.5. The van der Waals surface area contributed by atoms with Gasteiger partial charge in [0.1, 0.15) is 16.3 Å². The molecular weight excluding hydrogens is 374 g/mol. The van der Waals surface area contributed by atoms with Crippen molar-refractivity contribution in [1.82, 2.24) is 0 Å². The first kappa shape index (κ1) is 19.6. The lowest BCUT2D eigenvalue weighted by molar-refractivity contribution is 0.0529. The van der Waals surface area contributed by atoms with Crippen LogP contribution in [0.1, 0.15) is 33.2 Å². The summed E-state index contributed by atoms with van der Waals surface area (Å²) in [7, 11) is 1.60. The lowest BCUT2D eigenvalue weighted by atomic mass is 10.0. The second kappa shape index (κ2) is 8.71. The number of esters is 1. The highest BCUT2D eigenvalue weighted by Crippen LogP contribution is 2.37. The van der Waals surface area contributed by atoms with Gasteiger partial charge in [-0.3, -0.25) is 4.79 Å². The summed E-state index contributed by atoms with van der Waals surface area (Å²) in [6.07, 6.45) is 0. The molecule has 1 amide bonds. The van der Waals surface area contributed by atoms with Crippen molar-refractivity contribution in [2.45, 2.75) is 13.8 Å². The highest BCUT2D eigenvalue weighted by molar-refractivity contribution is 7.15. The van der Waals surface area contributed by atoms with Crippen molar-refractivity contribution in [2.24, 2.45) is 0 Å². The average Bonchev–Trinajstić information content (AvgIpc) is 3.12. The Hall–Kier alpha value is -3.12. The Bertz CT molecular complexity index is 992. The summed E-state index contributed by atoms with van der Waals surface area (Å²) in [6.45, 7) is 3.88. The number of methoxy groups -OCH3 is 1. The summed E-state index contributed by atoms with van der Waals surface area (Å²) in [4.78, 5) is 25.4. The first-order valence-electron chi connectivity index (χ1n) is 8.85. The molecular formula is C22H21NO4S. The Labute approximate surface area is 167 Å². The van der Waals surface area contributed by atoms with Gasteiger partial charge in [-0.05, 0) is 43.2 Å². The van der Waals surface area contributed by atoms with Crippen LogP contribution in [0.15, 0.2) is 53.9 Å². The highest BCUT2D eigenvalue weighted by atomic mass is 32.1. The monoisotopic (exact) mass is 395 g/mol. The molecule has 6 heteroatoms. The lowest BCUT2D eigenvalue weighted by Crippen LogP contribution is -2.15. The molecule has 0 saturated carbocycles. The number of amides is 1. The quantitative estimate of drug-likeness (QED) is 0.586. The van der Waals surface area contributed by atoms with Crippen molar-refractivity contribution in [2.75, 3.05) is 19.0 Å². The molecule has 0 spiro atoms. The Morgan fingerprint density at radius 2 is 1.79 bits per heavy atom. The maximum atomic E-state index is 12.7. The zero-order valence-electron chi connectivity index (χ0n) is 15.9. The van der Waals surface area contributed by atoms with Gasteiger partial charge in [0.2, 0.25) is 0 Å². The minimum Gasteiger partial charge on any atom is -0.497 e. The Morgan fingerprint density at radius 1 is 1.07 bits per heavy atom. The van der Waals surface area contributed by atoms with Crippen molar-refractivity contribution < 1.29 is 19.1 Å². The van der Waals surface area contributed by atoms with Crippen LogP contribution in [0.3, 0.4) is 0 Å². The van der Waals surface area contributed by atoms with Crippen molar-refractivity contribution in [3.8, 4) is 16.9 Å². The number of carbonyl (C=O) groups excluding carboxylic acids is 2. The Balaban J connectivity index is 1.99. The van der Waals surface area contributed by atoms with E-state index in [4.69, 9.17) is 9.47 Å². The predicted molar refractivity (Wildman–Crippen MR) is 111 cm³/mol. The third-order valence-electron chi connectivity index (χ3n) is 4.29. The molecule has 0 atom stereocenters. The molecule has 144 valence electrons. The smallest absolute Gasteiger partial charge is 0.341 e. The summed E-state index contributed by atoms with van der Waals surface area (Å²) in [5.41, 5.74) is 3.35. The lowest BCUT2D eigenvalue weighted by Gasteiger charge is -2.10. The third-order valence-corrected chi connectivity index (χ3v) is 5.18. The number of anilines is 1. The van der Waals surface area contributed by atoms with Gasteiger partial charge >= 0.3 is 5.97 Å². The molecule has 0 radical (unpaired) electrons. The summed E-state index contributed by atoms with van der Waals surface area (Å²) < 4.78 is 10.4. The fourth-order valence-electron chi connectivity index (χ4n) is 2.84. The fourth-order valence-corrected chi connectivity index (χ4v) is 3.79. The zero-order valence-corrected chi connectivity index (χ0v) is 16.8. The van der Waals surface area contributed by atoms with Gasteiger partial charge in [-0.2, -0.15) is 0 Å². The normalized spacial score (nSPS) is 10.4. The van der Waals surface area contributed by atoms with Crippen molar-refractivity contribution in [3.63, 3.8) is 0 Å². The number of hydrogen-bond acceptors (Lipinski definition) is 5. The standard InChI is InChI=1S/C22H21NO4S/c1-4-27-22(25)19-18(15-9-11-16(26-3)12-10-15)13-28-21(19)23-20(24)17-8-6-5-7-14(17)2/h5-13H,4H2,1-3H3,(H,23,24). The van der Waals surface area contributed by atoms with E-state index in [1.165, 1.54) is 11.3 Å². The summed E-state index contributed by atoms with van der Waals surface area (Å²) in [5, 5.41) is 5.19. The van der Waals surface area contributed by atoms with E-state index in [0.717, 1.165) is 16.9 Å².